The normalized spacial score (nSPS) is 46.3. The van der Waals surface area contributed by atoms with Gasteiger partial charge in [0.25, 0.3) is 0 Å². The molecule has 0 aromatic rings. The highest BCUT2D eigenvalue weighted by Crippen LogP contribution is 2.78. The van der Waals surface area contributed by atoms with Crippen molar-refractivity contribution in [3.05, 3.63) is 0 Å². The second-order valence-corrected chi connectivity index (χ2v) is 17.1. The third-order valence-corrected chi connectivity index (χ3v) is 14.3. The van der Waals surface area contributed by atoms with Crippen LogP contribution in [0.25, 0.3) is 0 Å². The number of hydrogen-bond donors (Lipinski definition) is 0. The van der Waals surface area contributed by atoms with E-state index in [1.165, 1.54) is 25.7 Å². The number of hydrogen-bond acceptors (Lipinski definition) is 5. The van der Waals surface area contributed by atoms with Gasteiger partial charge in [0.15, 0.2) is 0 Å². The molecular weight excluding hydrogens is 559 g/mol. The molecule has 0 spiro atoms. The number of carbonyl (C=O) groups excluding carboxylic acids is 2. The van der Waals surface area contributed by atoms with Crippen LogP contribution < -0.4 is 0 Å². The van der Waals surface area contributed by atoms with Crippen molar-refractivity contribution in [2.24, 2.45) is 45.3 Å². The molecule has 0 unspecified atom stereocenters. The van der Waals surface area contributed by atoms with Crippen molar-refractivity contribution in [2.45, 2.75) is 143 Å². The third kappa shape index (κ3) is 4.89. The lowest BCUT2D eigenvalue weighted by atomic mass is 9.35. The predicted molar refractivity (Wildman–Crippen MR) is 163 cm³/mol. The summed E-state index contributed by atoms with van der Waals surface area (Å²) >= 11 is 11.5. The van der Waals surface area contributed by atoms with Crippen LogP contribution in [0.4, 0.5) is 0 Å². The van der Waals surface area contributed by atoms with Gasteiger partial charge in [-0.25, -0.2) is 0 Å². The lowest BCUT2D eigenvalue weighted by molar-refractivity contribution is -0.240. The topological polar surface area (TPSA) is 61.8 Å². The summed E-state index contributed by atoms with van der Waals surface area (Å²) in [7, 11) is 0. The monoisotopic (exact) mass is 612 g/mol. The fourth-order valence-corrected chi connectivity index (χ4v) is 12.0. The fraction of sp³-hybridized carbons (Fsp3) is 0.941. The van der Waals surface area contributed by atoms with Crippen molar-refractivity contribution in [2.75, 3.05) is 11.8 Å². The van der Waals surface area contributed by atoms with Crippen LogP contribution in [0.2, 0.25) is 0 Å². The first-order valence-electron chi connectivity index (χ1n) is 16.2. The first-order chi connectivity index (χ1) is 19.0. The van der Waals surface area contributed by atoms with E-state index in [9.17, 15) is 9.59 Å². The smallest absolute Gasteiger partial charge is 0.321 e. The van der Waals surface area contributed by atoms with Gasteiger partial charge >= 0.3 is 11.9 Å². The number of halogens is 2. The minimum Gasteiger partial charge on any atom is -0.461 e. The van der Waals surface area contributed by atoms with E-state index in [2.05, 4.69) is 41.5 Å². The summed E-state index contributed by atoms with van der Waals surface area (Å²) in [6.45, 7) is 18.8. The van der Waals surface area contributed by atoms with Gasteiger partial charge in [-0.2, -0.15) is 0 Å². The second-order valence-electron chi connectivity index (χ2n) is 16.6. The number of esters is 2. The maximum absolute atomic E-state index is 12.2. The highest BCUT2D eigenvalue weighted by Gasteiger charge is 2.74. The Balaban J connectivity index is 1.37. The zero-order chi connectivity index (χ0) is 30.2. The zero-order valence-corrected chi connectivity index (χ0v) is 28.3. The molecule has 0 aromatic heterocycles. The molecule has 5 nitrogen and oxygen atoms in total. The SMILES string of the molecule is CC(C)(CCC[C@@]1(C)O[C@@H]2C[C@@H]3[C@@]4(C)CC[C@H](OC(=O)CCl)C(C)(C)[C@@H]4CC[C@@]3(C)[C@]3(C)CC[C@H]1[C@@H]23)OC(=O)CCl. The van der Waals surface area contributed by atoms with Crippen LogP contribution in [0.1, 0.15) is 120 Å². The van der Waals surface area contributed by atoms with Gasteiger partial charge in [-0.15, -0.1) is 23.2 Å². The molecule has 10 atom stereocenters. The van der Waals surface area contributed by atoms with E-state index in [4.69, 9.17) is 37.4 Å². The molecule has 5 rings (SSSR count). The molecule has 1 aliphatic heterocycles. The Morgan fingerprint density at radius 3 is 2.20 bits per heavy atom. The van der Waals surface area contributed by atoms with E-state index >= 15 is 0 Å². The largest absolute Gasteiger partial charge is 0.461 e. The molecule has 0 bridgehead atoms. The van der Waals surface area contributed by atoms with Crippen molar-refractivity contribution >= 4 is 35.1 Å². The zero-order valence-electron chi connectivity index (χ0n) is 26.7. The van der Waals surface area contributed by atoms with Crippen molar-refractivity contribution in [1.29, 1.82) is 0 Å². The van der Waals surface area contributed by atoms with E-state index in [0.717, 1.165) is 38.5 Å². The average Bonchev–Trinajstić information content (AvgIpc) is 3.40. The summed E-state index contributed by atoms with van der Waals surface area (Å²) in [5, 5.41) is 0. The molecule has 0 aromatic carbocycles. The number of alkyl halides is 2. The van der Waals surface area contributed by atoms with Crippen molar-refractivity contribution < 1.29 is 23.8 Å². The molecule has 7 heteroatoms. The van der Waals surface area contributed by atoms with Gasteiger partial charge in [-0.1, -0.05) is 34.6 Å². The van der Waals surface area contributed by atoms with Gasteiger partial charge in [-0.05, 0) is 125 Å². The van der Waals surface area contributed by atoms with E-state index in [1.807, 2.05) is 13.8 Å². The van der Waals surface area contributed by atoms with Crippen molar-refractivity contribution in [1.82, 2.24) is 0 Å². The molecule has 0 radical (unpaired) electrons. The Morgan fingerprint density at radius 1 is 0.878 bits per heavy atom. The Morgan fingerprint density at radius 2 is 1.54 bits per heavy atom. The summed E-state index contributed by atoms with van der Waals surface area (Å²) in [5.41, 5.74) is -0.0272. The Kier molecular flexibility index (Phi) is 8.20. The van der Waals surface area contributed by atoms with Crippen LogP contribution in [0.15, 0.2) is 0 Å². The minimum atomic E-state index is -0.520. The predicted octanol–water partition coefficient (Wildman–Crippen LogP) is 8.32. The van der Waals surface area contributed by atoms with Gasteiger partial charge in [0.1, 0.15) is 23.5 Å². The number of carbonyl (C=O) groups is 2. The second kappa shape index (κ2) is 10.5. The van der Waals surface area contributed by atoms with Crippen LogP contribution in [-0.4, -0.2) is 47.1 Å². The lowest BCUT2D eigenvalue weighted by Gasteiger charge is -2.70. The summed E-state index contributed by atoms with van der Waals surface area (Å²) in [6.07, 6.45) is 11.1. The van der Waals surface area contributed by atoms with Crippen LogP contribution in [-0.2, 0) is 23.8 Å². The molecule has 4 aliphatic carbocycles. The lowest BCUT2D eigenvalue weighted by Crippen LogP contribution is -2.65. The number of fused-ring (bicyclic) bond motifs is 4. The molecule has 0 N–H and O–H groups in total. The van der Waals surface area contributed by atoms with Crippen molar-refractivity contribution in [3.63, 3.8) is 0 Å². The maximum Gasteiger partial charge on any atom is 0.321 e. The summed E-state index contributed by atoms with van der Waals surface area (Å²) in [4.78, 5) is 24.0. The van der Waals surface area contributed by atoms with Crippen LogP contribution in [0.5, 0.6) is 0 Å². The van der Waals surface area contributed by atoms with Gasteiger partial charge < -0.3 is 14.2 Å². The summed E-state index contributed by atoms with van der Waals surface area (Å²) < 4.78 is 18.8. The first-order valence-corrected chi connectivity index (χ1v) is 17.3. The third-order valence-electron chi connectivity index (χ3n) is 13.8. The van der Waals surface area contributed by atoms with Gasteiger partial charge in [0.05, 0.1) is 11.7 Å². The average molecular weight is 614 g/mol. The van der Waals surface area contributed by atoms with E-state index in [1.54, 1.807) is 0 Å². The molecule has 1 saturated heterocycles. The fourth-order valence-electron chi connectivity index (χ4n) is 11.8. The van der Waals surface area contributed by atoms with Crippen molar-refractivity contribution in [3.8, 4) is 0 Å². The summed E-state index contributed by atoms with van der Waals surface area (Å²) in [5.74, 6) is 1.43. The maximum atomic E-state index is 12.2. The highest BCUT2D eigenvalue weighted by molar-refractivity contribution is 6.26. The van der Waals surface area contributed by atoms with Crippen LogP contribution in [0, 0.1) is 45.3 Å². The Hall–Kier alpha value is -0.520. The summed E-state index contributed by atoms with van der Waals surface area (Å²) in [6, 6.07) is 0. The minimum absolute atomic E-state index is 0.0713. The number of ether oxygens (including phenoxy) is 3. The van der Waals surface area contributed by atoms with E-state index in [-0.39, 0.29) is 57.1 Å². The van der Waals surface area contributed by atoms with E-state index in [0.29, 0.717) is 29.8 Å². The first kappa shape index (κ1) is 31.9. The quantitative estimate of drug-likeness (QED) is 0.204. The molecular formula is C34H54Cl2O5. The standard InChI is InChI=1S/C34H54Cl2O5/c1-29(2,41-27(38)20-36)13-9-14-34(8)21-10-16-33(7)28(21)22(40-34)18-24-31(5)15-12-25(39-26(37)19-35)30(3,4)23(31)11-17-32(24,33)6/h21-25,28H,9-20H2,1-8H3/t21-,22+,23-,24+,25-,28-,31-,32+,33+,34+/m0/s1. The Labute approximate surface area is 258 Å². The molecule has 5 fully saturated rings. The van der Waals surface area contributed by atoms with Gasteiger partial charge in [-0.3, -0.25) is 9.59 Å². The molecule has 0 amide bonds. The van der Waals surface area contributed by atoms with Gasteiger partial charge in [0, 0.05) is 5.41 Å². The molecule has 5 aliphatic rings. The van der Waals surface area contributed by atoms with Gasteiger partial charge in [0.2, 0.25) is 0 Å². The highest BCUT2D eigenvalue weighted by atomic mass is 35.5. The van der Waals surface area contributed by atoms with Crippen LogP contribution >= 0.6 is 23.2 Å². The Bertz CT molecular complexity index is 1040. The van der Waals surface area contributed by atoms with E-state index < -0.39 is 5.60 Å². The number of rotatable bonds is 8. The van der Waals surface area contributed by atoms with Crippen LogP contribution in [0.3, 0.4) is 0 Å². The molecule has 41 heavy (non-hydrogen) atoms. The molecule has 4 saturated carbocycles. The molecule has 234 valence electrons. The molecule has 1 heterocycles.